The zero-order chi connectivity index (χ0) is 11.2. The number of nitrogens with one attached hydrogen (secondary N) is 1. The SMILES string of the molecule is O=C(O)c1cncnc1C12CNC(CO1)C2. The maximum Gasteiger partial charge on any atom is 0.339 e. The maximum absolute atomic E-state index is 11.1. The molecule has 2 saturated heterocycles. The van der Waals surface area contributed by atoms with Crippen LogP contribution in [0.3, 0.4) is 0 Å². The Kier molecular flexibility index (Phi) is 1.95. The van der Waals surface area contributed by atoms with Crippen molar-refractivity contribution in [3.8, 4) is 0 Å². The van der Waals surface area contributed by atoms with Gasteiger partial charge < -0.3 is 15.2 Å². The first kappa shape index (κ1) is 9.68. The van der Waals surface area contributed by atoms with E-state index < -0.39 is 11.6 Å². The highest BCUT2D eigenvalue weighted by molar-refractivity contribution is 5.88. The van der Waals surface area contributed by atoms with Gasteiger partial charge in [-0.2, -0.15) is 0 Å². The van der Waals surface area contributed by atoms with Gasteiger partial charge in [0.15, 0.2) is 0 Å². The largest absolute Gasteiger partial charge is 0.478 e. The first-order valence-corrected chi connectivity index (χ1v) is 5.12. The summed E-state index contributed by atoms with van der Waals surface area (Å²) in [5.41, 5.74) is 0.0516. The van der Waals surface area contributed by atoms with Crippen molar-refractivity contribution in [2.75, 3.05) is 13.2 Å². The van der Waals surface area contributed by atoms with E-state index in [-0.39, 0.29) is 5.56 Å². The van der Waals surface area contributed by atoms with Crippen molar-refractivity contribution in [3.63, 3.8) is 0 Å². The summed E-state index contributed by atoms with van der Waals surface area (Å²) < 4.78 is 5.70. The second kappa shape index (κ2) is 3.23. The van der Waals surface area contributed by atoms with Crippen LogP contribution in [0.4, 0.5) is 0 Å². The molecule has 0 aliphatic carbocycles. The number of nitrogens with zero attached hydrogens (tertiary/aromatic N) is 2. The molecule has 2 atom stereocenters. The average Bonchev–Trinajstić information content (AvgIpc) is 2.90. The number of rotatable bonds is 2. The van der Waals surface area contributed by atoms with Gasteiger partial charge in [0.2, 0.25) is 0 Å². The van der Waals surface area contributed by atoms with Crippen LogP contribution in [0.15, 0.2) is 12.5 Å². The summed E-state index contributed by atoms with van der Waals surface area (Å²) in [5, 5.41) is 12.4. The number of morpholine rings is 1. The Morgan fingerprint density at radius 2 is 2.56 bits per heavy atom. The molecular weight excluding hydrogens is 210 g/mol. The number of carboxylic acids is 1. The number of carboxylic acid groups (broad SMARTS) is 1. The number of aromatic nitrogens is 2. The van der Waals surface area contributed by atoms with E-state index in [0.29, 0.717) is 24.9 Å². The Hall–Kier alpha value is -1.53. The third-order valence-corrected chi connectivity index (χ3v) is 3.19. The van der Waals surface area contributed by atoms with Crippen LogP contribution in [0.5, 0.6) is 0 Å². The van der Waals surface area contributed by atoms with E-state index >= 15 is 0 Å². The number of carbonyl (C=O) groups is 1. The molecule has 3 heterocycles. The first-order chi connectivity index (χ1) is 7.71. The monoisotopic (exact) mass is 221 g/mol. The molecule has 6 heteroatoms. The minimum Gasteiger partial charge on any atom is -0.478 e. The van der Waals surface area contributed by atoms with Crippen molar-refractivity contribution in [2.24, 2.45) is 0 Å². The molecule has 2 unspecified atom stereocenters. The highest BCUT2D eigenvalue weighted by atomic mass is 16.5. The summed E-state index contributed by atoms with van der Waals surface area (Å²) in [6, 6.07) is 0.316. The molecule has 0 aromatic carbocycles. The second-order valence-corrected chi connectivity index (χ2v) is 4.18. The topological polar surface area (TPSA) is 84.3 Å². The zero-order valence-electron chi connectivity index (χ0n) is 8.51. The highest BCUT2D eigenvalue weighted by Gasteiger charge is 2.50. The van der Waals surface area contributed by atoms with Crippen LogP contribution in [0.2, 0.25) is 0 Å². The fourth-order valence-corrected chi connectivity index (χ4v) is 2.44. The molecule has 2 fully saturated rings. The summed E-state index contributed by atoms with van der Waals surface area (Å²) in [7, 11) is 0. The van der Waals surface area contributed by atoms with Crippen LogP contribution >= 0.6 is 0 Å². The average molecular weight is 221 g/mol. The summed E-state index contributed by atoms with van der Waals surface area (Å²) in [5.74, 6) is -1.01. The van der Waals surface area contributed by atoms with E-state index in [1.807, 2.05) is 0 Å². The normalized spacial score (nSPS) is 31.9. The number of ether oxygens (including phenoxy) is 1. The Morgan fingerprint density at radius 1 is 1.69 bits per heavy atom. The molecule has 16 heavy (non-hydrogen) atoms. The first-order valence-electron chi connectivity index (χ1n) is 5.12. The quantitative estimate of drug-likeness (QED) is 0.717. The Balaban J connectivity index is 2.09. The van der Waals surface area contributed by atoms with E-state index in [1.165, 1.54) is 12.5 Å². The summed E-state index contributed by atoms with van der Waals surface area (Å²) in [6.07, 6.45) is 3.48. The van der Waals surface area contributed by atoms with Crippen LogP contribution in [-0.2, 0) is 10.3 Å². The van der Waals surface area contributed by atoms with Crippen molar-refractivity contribution in [1.82, 2.24) is 15.3 Å². The maximum atomic E-state index is 11.1. The minimum atomic E-state index is -1.01. The molecule has 84 valence electrons. The van der Waals surface area contributed by atoms with Crippen LogP contribution in [0.25, 0.3) is 0 Å². The third-order valence-electron chi connectivity index (χ3n) is 3.19. The minimum absolute atomic E-state index is 0.131. The lowest BCUT2D eigenvalue weighted by Gasteiger charge is -2.26. The third kappa shape index (κ3) is 1.23. The number of aromatic carboxylic acids is 1. The van der Waals surface area contributed by atoms with Crippen LogP contribution in [0, 0.1) is 0 Å². The van der Waals surface area contributed by atoms with Gasteiger partial charge in [0.1, 0.15) is 17.5 Å². The molecule has 2 bridgehead atoms. The van der Waals surface area contributed by atoms with Crippen molar-refractivity contribution in [3.05, 3.63) is 23.8 Å². The van der Waals surface area contributed by atoms with Crippen molar-refractivity contribution >= 4 is 5.97 Å². The zero-order valence-corrected chi connectivity index (χ0v) is 8.51. The number of hydrogen-bond acceptors (Lipinski definition) is 5. The molecule has 0 saturated carbocycles. The smallest absolute Gasteiger partial charge is 0.339 e. The lowest BCUT2D eigenvalue weighted by atomic mass is 9.95. The molecule has 2 aliphatic rings. The molecule has 6 nitrogen and oxygen atoms in total. The molecule has 0 radical (unpaired) electrons. The Labute approximate surface area is 91.7 Å². The molecule has 0 amide bonds. The van der Waals surface area contributed by atoms with E-state index in [2.05, 4.69) is 15.3 Å². The van der Waals surface area contributed by atoms with Gasteiger partial charge in [-0.3, -0.25) is 0 Å². The summed E-state index contributed by atoms with van der Waals surface area (Å²) >= 11 is 0. The highest BCUT2D eigenvalue weighted by Crippen LogP contribution is 2.40. The molecule has 1 aromatic rings. The van der Waals surface area contributed by atoms with Crippen LogP contribution in [-0.4, -0.2) is 40.2 Å². The van der Waals surface area contributed by atoms with Crippen molar-refractivity contribution in [2.45, 2.75) is 18.1 Å². The van der Waals surface area contributed by atoms with Gasteiger partial charge in [-0.25, -0.2) is 14.8 Å². The second-order valence-electron chi connectivity index (χ2n) is 4.18. The van der Waals surface area contributed by atoms with Crippen LogP contribution < -0.4 is 5.32 Å². The lowest BCUT2D eigenvalue weighted by Crippen LogP contribution is -2.38. The van der Waals surface area contributed by atoms with Gasteiger partial charge in [-0.05, 0) is 0 Å². The van der Waals surface area contributed by atoms with E-state index in [9.17, 15) is 4.79 Å². The van der Waals surface area contributed by atoms with E-state index in [0.717, 1.165) is 6.42 Å². The van der Waals surface area contributed by atoms with Crippen molar-refractivity contribution in [1.29, 1.82) is 0 Å². The number of fused-ring (bicyclic) bond motifs is 2. The number of hydrogen-bond donors (Lipinski definition) is 2. The van der Waals surface area contributed by atoms with E-state index in [4.69, 9.17) is 9.84 Å². The molecule has 2 N–H and O–H groups in total. The van der Waals surface area contributed by atoms with Crippen LogP contribution in [0.1, 0.15) is 22.5 Å². The molecular formula is C10H11N3O3. The lowest BCUT2D eigenvalue weighted by molar-refractivity contribution is -0.0139. The Morgan fingerprint density at radius 3 is 3.12 bits per heavy atom. The molecule has 2 aliphatic heterocycles. The predicted molar refractivity (Wildman–Crippen MR) is 53.0 cm³/mol. The van der Waals surface area contributed by atoms with Gasteiger partial charge in [0, 0.05) is 25.2 Å². The van der Waals surface area contributed by atoms with Gasteiger partial charge in [-0.15, -0.1) is 0 Å². The Bertz CT molecular complexity index is 441. The molecule has 1 aromatic heterocycles. The standard InChI is InChI=1S/C10H11N3O3/c14-9(15)7-2-11-5-13-8(7)10-1-6(3-16-10)12-4-10/h2,5-6,12H,1,3-4H2,(H,14,15). The van der Waals surface area contributed by atoms with E-state index in [1.54, 1.807) is 0 Å². The summed E-state index contributed by atoms with van der Waals surface area (Å²) in [4.78, 5) is 18.9. The van der Waals surface area contributed by atoms with Gasteiger partial charge in [0.25, 0.3) is 0 Å². The summed E-state index contributed by atoms with van der Waals surface area (Å²) in [6.45, 7) is 1.23. The van der Waals surface area contributed by atoms with Crippen molar-refractivity contribution < 1.29 is 14.6 Å². The fraction of sp³-hybridized carbons (Fsp3) is 0.500. The predicted octanol–water partition coefficient (Wildman–Crippen LogP) is -0.238. The molecule has 3 rings (SSSR count). The van der Waals surface area contributed by atoms with Gasteiger partial charge in [0.05, 0.1) is 12.3 Å². The fourth-order valence-electron chi connectivity index (χ4n) is 2.44. The van der Waals surface area contributed by atoms with Gasteiger partial charge in [-0.1, -0.05) is 0 Å². The van der Waals surface area contributed by atoms with Gasteiger partial charge >= 0.3 is 5.97 Å². The molecule has 0 spiro atoms.